The predicted molar refractivity (Wildman–Crippen MR) is 136 cm³/mol. The average molecular weight is 496 g/mol. The Kier molecular flexibility index (Phi) is 8.48. The zero-order chi connectivity index (χ0) is 25.4. The van der Waals surface area contributed by atoms with Crippen LogP contribution in [-0.4, -0.2) is 40.4 Å². The molecule has 0 radical (unpaired) electrons. The molecule has 9 heteroatoms. The van der Waals surface area contributed by atoms with Crippen molar-refractivity contribution in [3.05, 3.63) is 83.9 Å². The summed E-state index contributed by atoms with van der Waals surface area (Å²) in [5.74, 6) is -0.154. The number of hydrogen-bond donors (Lipinski definition) is 2. The van der Waals surface area contributed by atoms with Crippen LogP contribution in [0.4, 0.5) is 11.4 Å². The van der Waals surface area contributed by atoms with Crippen LogP contribution < -0.4 is 19.7 Å². The van der Waals surface area contributed by atoms with Gasteiger partial charge in [-0.15, -0.1) is 0 Å². The van der Waals surface area contributed by atoms with Gasteiger partial charge in [-0.05, 0) is 61.4 Å². The monoisotopic (exact) mass is 495 g/mol. The van der Waals surface area contributed by atoms with Gasteiger partial charge < -0.3 is 15.4 Å². The van der Waals surface area contributed by atoms with Gasteiger partial charge in [0.2, 0.25) is 5.91 Å². The number of ether oxygens (including phenoxy) is 1. The highest BCUT2D eigenvalue weighted by Gasteiger charge is 2.25. The standard InChI is InChI=1S/C26H29N3O5S/c1-4-29(22-8-6-5-7-9-22)35(32,33)23-14-15-25(34-3)24(18-23)28-26(31)21-12-10-20(11-13-21)16-17-27-19(2)30/h5-15,18H,4,16-17H2,1-3H3,(H,27,30)(H,28,31). The van der Waals surface area contributed by atoms with Crippen molar-refractivity contribution in [1.29, 1.82) is 0 Å². The van der Waals surface area contributed by atoms with E-state index in [9.17, 15) is 18.0 Å². The van der Waals surface area contributed by atoms with Crippen molar-refractivity contribution in [3.8, 4) is 5.75 Å². The van der Waals surface area contributed by atoms with Crippen molar-refractivity contribution in [2.45, 2.75) is 25.2 Å². The molecule has 0 saturated heterocycles. The first kappa shape index (κ1) is 25.8. The summed E-state index contributed by atoms with van der Waals surface area (Å²) in [6.07, 6.45) is 0.643. The summed E-state index contributed by atoms with van der Waals surface area (Å²) in [5, 5.41) is 5.49. The molecule has 35 heavy (non-hydrogen) atoms. The van der Waals surface area contributed by atoms with Gasteiger partial charge >= 0.3 is 0 Å². The molecule has 0 aliphatic carbocycles. The second kappa shape index (κ2) is 11.5. The number of carbonyl (C=O) groups excluding carboxylic acids is 2. The number of nitrogens with zero attached hydrogens (tertiary/aromatic N) is 1. The fourth-order valence-electron chi connectivity index (χ4n) is 3.56. The average Bonchev–Trinajstić information content (AvgIpc) is 2.85. The van der Waals surface area contributed by atoms with Crippen LogP contribution in [0.25, 0.3) is 0 Å². The number of sulfonamides is 1. The number of anilines is 2. The van der Waals surface area contributed by atoms with E-state index >= 15 is 0 Å². The summed E-state index contributed by atoms with van der Waals surface area (Å²) in [4.78, 5) is 23.9. The number of rotatable bonds is 10. The fourth-order valence-corrected chi connectivity index (χ4v) is 5.06. The maximum atomic E-state index is 13.4. The summed E-state index contributed by atoms with van der Waals surface area (Å²) in [7, 11) is -2.43. The first-order valence-electron chi connectivity index (χ1n) is 11.2. The van der Waals surface area contributed by atoms with E-state index in [1.165, 1.54) is 36.5 Å². The van der Waals surface area contributed by atoms with E-state index in [1.807, 2.05) is 18.2 Å². The molecule has 0 spiro atoms. The van der Waals surface area contributed by atoms with Gasteiger partial charge in [-0.25, -0.2) is 8.42 Å². The molecule has 0 saturated carbocycles. The zero-order valence-electron chi connectivity index (χ0n) is 19.9. The molecule has 0 heterocycles. The van der Waals surface area contributed by atoms with Crippen molar-refractivity contribution in [3.63, 3.8) is 0 Å². The van der Waals surface area contributed by atoms with Crippen molar-refractivity contribution in [2.24, 2.45) is 0 Å². The van der Waals surface area contributed by atoms with Crippen molar-refractivity contribution in [2.75, 3.05) is 29.8 Å². The lowest BCUT2D eigenvalue weighted by Gasteiger charge is -2.23. The van der Waals surface area contributed by atoms with Gasteiger partial charge in [0.25, 0.3) is 15.9 Å². The topological polar surface area (TPSA) is 105 Å². The highest BCUT2D eigenvalue weighted by atomic mass is 32.2. The van der Waals surface area contributed by atoms with Gasteiger partial charge in [0.1, 0.15) is 5.75 Å². The van der Waals surface area contributed by atoms with Gasteiger partial charge in [-0.3, -0.25) is 13.9 Å². The summed E-state index contributed by atoms with van der Waals surface area (Å²) in [5.41, 5.74) is 2.18. The van der Waals surface area contributed by atoms with Crippen LogP contribution in [0.1, 0.15) is 29.8 Å². The van der Waals surface area contributed by atoms with Gasteiger partial charge in [-0.2, -0.15) is 0 Å². The first-order chi connectivity index (χ1) is 16.8. The Balaban J connectivity index is 1.82. The summed E-state index contributed by atoms with van der Waals surface area (Å²) < 4.78 is 33.4. The Morgan fingerprint density at radius 1 is 0.971 bits per heavy atom. The maximum absolute atomic E-state index is 13.4. The molecule has 0 aromatic heterocycles. The Labute approximate surface area is 206 Å². The molecule has 3 rings (SSSR count). The van der Waals surface area contributed by atoms with E-state index in [1.54, 1.807) is 43.3 Å². The molecule has 0 aliphatic rings. The molecular weight excluding hydrogens is 466 g/mol. The summed E-state index contributed by atoms with van der Waals surface area (Å²) in [6, 6.07) is 20.2. The lowest BCUT2D eigenvalue weighted by molar-refractivity contribution is -0.118. The third-order valence-electron chi connectivity index (χ3n) is 5.34. The van der Waals surface area contributed by atoms with Crippen LogP contribution >= 0.6 is 0 Å². The number of hydrogen-bond acceptors (Lipinski definition) is 5. The van der Waals surface area contributed by atoms with Crippen LogP contribution in [0, 0.1) is 0 Å². The number of carbonyl (C=O) groups is 2. The van der Waals surface area contributed by atoms with Gasteiger partial charge in [0, 0.05) is 25.6 Å². The molecule has 8 nitrogen and oxygen atoms in total. The lowest BCUT2D eigenvalue weighted by atomic mass is 10.1. The fraction of sp³-hybridized carbons (Fsp3) is 0.231. The largest absolute Gasteiger partial charge is 0.495 e. The molecule has 3 aromatic carbocycles. The smallest absolute Gasteiger partial charge is 0.264 e. The number of nitrogens with one attached hydrogen (secondary N) is 2. The SMILES string of the molecule is CCN(c1ccccc1)S(=O)(=O)c1ccc(OC)c(NC(=O)c2ccc(CCNC(C)=O)cc2)c1. The van der Waals surface area contributed by atoms with Crippen LogP contribution in [0.15, 0.2) is 77.7 Å². The number of amides is 2. The maximum Gasteiger partial charge on any atom is 0.264 e. The van der Waals surface area contributed by atoms with Gasteiger partial charge in [0.15, 0.2) is 0 Å². The molecule has 0 bridgehead atoms. The molecule has 2 N–H and O–H groups in total. The lowest BCUT2D eigenvalue weighted by Crippen LogP contribution is -2.30. The van der Waals surface area contributed by atoms with E-state index in [0.29, 0.717) is 30.0 Å². The summed E-state index contributed by atoms with van der Waals surface area (Å²) >= 11 is 0. The minimum Gasteiger partial charge on any atom is -0.495 e. The third kappa shape index (κ3) is 6.39. The Bertz CT molecular complexity index is 1280. The zero-order valence-corrected chi connectivity index (χ0v) is 20.8. The van der Waals surface area contributed by atoms with Crippen LogP contribution in [0.5, 0.6) is 5.75 Å². The van der Waals surface area contributed by atoms with Crippen LogP contribution in [0.2, 0.25) is 0 Å². The first-order valence-corrected chi connectivity index (χ1v) is 12.6. The number of methoxy groups -OCH3 is 1. The second-order valence-electron chi connectivity index (χ2n) is 7.75. The highest BCUT2D eigenvalue weighted by molar-refractivity contribution is 7.92. The molecule has 184 valence electrons. The minimum atomic E-state index is -3.88. The van der Waals surface area contributed by atoms with E-state index < -0.39 is 15.9 Å². The van der Waals surface area contributed by atoms with Crippen LogP contribution in [-0.2, 0) is 21.2 Å². The normalized spacial score (nSPS) is 10.9. The highest BCUT2D eigenvalue weighted by Crippen LogP contribution is 2.31. The molecule has 3 aromatic rings. The number of benzene rings is 3. The second-order valence-corrected chi connectivity index (χ2v) is 9.61. The van der Waals surface area contributed by atoms with Gasteiger partial charge in [-0.1, -0.05) is 30.3 Å². The molecule has 0 atom stereocenters. The quantitative estimate of drug-likeness (QED) is 0.445. The van der Waals surface area contributed by atoms with Crippen molar-refractivity contribution in [1.82, 2.24) is 5.32 Å². The Morgan fingerprint density at radius 3 is 2.26 bits per heavy atom. The predicted octanol–water partition coefficient (Wildman–Crippen LogP) is 3.84. The number of para-hydroxylation sites is 1. The Morgan fingerprint density at radius 2 is 1.66 bits per heavy atom. The Hall–Kier alpha value is -3.85. The van der Waals surface area contributed by atoms with Gasteiger partial charge in [0.05, 0.1) is 23.4 Å². The minimum absolute atomic E-state index is 0.0348. The van der Waals surface area contributed by atoms with Crippen LogP contribution in [0.3, 0.4) is 0 Å². The molecule has 0 fully saturated rings. The molecule has 0 unspecified atom stereocenters. The van der Waals surface area contributed by atoms with E-state index in [2.05, 4.69) is 10.6 Å². The van der Waals surface area contributed by atoms with E-state index in [-0.39, 0.29) is 23.0 Å². The summed E-state index contributed by atoms with van der Waals surface area (Å²) in [6.45, 7) is 3.98. The molecule has 2 amide bonds. The molecular formula is C26H29N3O5S. The van der Waals surface area contributed by atoms with Crippen molar-refractivity contribution < 1.29 is 22.7 Å². The molecule has 0 aliphatic heterocycles. The third-order valence-corrected chi connectivity index (χ3v) is 7.24. The van der Waals surface area contributed by atoms with Crippen molar-refractivity contribution >= 4 is 33.2 Å². The van der Waals surface area contributed by atoms with E-state index in [0.717, 1.165) is 5.56 Å². The van der Waals surface area contributed by atoms with E-state index in [4.69, 9.17) is 4.74 Å².